The zero-order valence-electron chi connectivity index (χ0n) is 8.69. The van der Waals surface area contributed by atoms with Crippen molar-refractivity contribution in [3.05, 3.63) is 29.0 Å². The lowest BCUT2D eigenvalue weighted by Gasteiger charge is -2.16. The Hall–Kier alpha value is -1.20. The van der Waals surface area contributed by atoms with E-state index in [1.807, 2.05) is 0 Å². The standard InChI is InChI=1S/C10H12ClFN2O2/c1-2-16-10(15)7(12)8(13)6-4-3-5-14-9(6)11/h3-5,7-8H,2,13H2,1H3/t7?,8-/m0/s1. The molecule has 16 heavy (non-hydrogen) atoms. The summed E-state index contributed by atoms with van der Waals surface area (Å²) in [5, 5.41) is 0.0851. The lowest BCUT2D eigenvalue weighted by Crippen LogP contribution is -2.31. The Morgan fingerprint density at radius 1 is 1.75 bits per heavy atom. The van der Waals surface area contributed by atoms with Crippen LogP contribution in [0.15, 0.2) is 18.3 Å². The van der Waals surface area contributed by atoms with Crippen LogP contribution in [0.5, 0.6) is 0 Å². The minimum absolute atomic E-state index is 0.0851. The molecule has 4 nitrogen and oxygen atoms in total. The molecule has 1 unspecified atom stereocenters. The van der Waals surface area contributed by atoms with Crippen LogP contribution in [0.3, 0.4) is 0 Å². The molecule has 0 aliphatic carbocycles. The first-order chi connectivity index (χ1) is 7.57. The van der Waals surface area contributed by atoms with E-state index in [4.69, 9.17) is 17.3 Å². The molecule has 1 aromatic rings. The van der Waals surface area contributed by atoms with Gasteiger partial charge >= 0.3 is 5.97 Å². The Bertz CT molecular complexity index is 376. The number of alkyl halides is 1. The molecule has 0 saturated heterocycles. The van der Waals surface area contributed by atoms with E-state index in [9.17, 15) is 9.18 Å². The lowest BCUT2D eigenvalue weighted by molar-refractivity contribution is -0.149. The Morgan fingerprint density at radius 3 is 3.00 bits per heavy atom. The van der Waals surface area contributed by atoms with Gasteiger partial charge in [0, 0.05) is 11.8 Å². The van der Waals surface area contributed by atoms with Crippen molar-refractivity contribution < 1.29 is 13.9 Å². The smallest absolute Gasteiger partial charge is 0.342 e. The van der Waals surface area contributed by atoms with E-state index in [0.29, 0.717) is 0 Å². The Balaban J connectivity index is 2.82. The Kier molecular flexibility index (Phi) is 4.64. The summed E-state index contributed by atoms with van der Waals surface area (Å²) in [5.74, 6) is -0.991. The van der Waals surface area contributed by atoms with Crippen LogP contribution in [-0.2, 0) is 9.53 Å². The van der Waals surface area contributed by atoms with Gasteiger partial charge in [0.05, 0.1) is 12.6 Å². The van der Waals surface area contributed by atoms with Crippen molar-refractivity contribution in [2.75, 3.05) is 6.61 Å². The molecule has 88 valence electrons. The van der Waals surface area contributed by atoms with Gasteiger partial charge in [-0.1, -0.05) is 17.7 Å². The van der Waals surface area contributed by atoms with E-state index in [0.717, 1.165) is 0 Å². The molecule has 1 rings (SSSR count). The van der Waals surface area contributed by atoms with Crippen molar-refractivity contribution in [2.24, 2.45) is 5.73 Å². The number of halogens is 2. The van der Waals surface area contributed by atoms with E-state index < -0.39 is 18.2 Å². The molecule has 0 aromatic carbocycles. The van der Waals surface area contributed by atoms with Crippen LogP contribution in [-0.4, -0.2) is 23.7 Å². The lowest BCUT2D eigenvalue weighted by atomic mass is 10.1. The van der Waals surface area contributed by atoms with E-state index >= 15 is 0 Å². The van der Waals surface area contributed by atoms with Crippen molar-refractivity contribution in [3.63, 3.8) is 0 Å². The maximum atomic E-state index is 13.6. The maximum absolute atomic E-state index is 13.6. The highest BCUT2D eigenvalue weighted by Gasteiger charge is 2.29. The summed E-state index contributed by atoms with van der Waals surface area (Å²) in [4.78, 5) is 14.9. The molecule has 0 saturated carbocycles. The Labute approximate surface area is 97.6 Å². The van der Waals surface area contributed by atoms with E-state index in [1.54, 1.807) is 13.0 Å². The number of esters is 1. The number of hydrogen-bond acceptors (Lipinski definition) is 4. The van der Waals surface area contributed by atoms with Crippen molar-refractivity contribution in [2.45, 2.75) is 19.1 Å². The number of ether oxygens (including phenoxy) is 1. The van der Waals surface area contributed by atoms with Crippen molar-refractivity contribution in [1.82, 2.24) is 4.98 Å². The highest BCUT2D eigenvalue weighted by molar-refractivity contribution is 6.30. The molecular weight excluding hydrogens is 235 g/mol. The zero-order valence-corrected chi connectivity index (χ0v) is 9.45. The van der Waals surface area contributed by atoms with Crippen LogP contribution in [0.25, 0.3) is 0 Å². The van der Waals surface area contributed by atoms with E-state index in [-0.39, 0.29) is 17.3 Å². The molecule has 2 atom stereocenters. The van der Waals surface area contributed by atoms with Gasteiger partial charge in [-0.3, -0.25) is 0 Å². The van der Waals surface area contributed by atoms with Gasteiger partial charge in [0.15, 0.2) is 0 Å². The molecular formula is C10H12ClFN2O2. The molecule has 6 heteroatoms. The van der Waals surface area contributed by atoms with Gasteiger partial charge < -0.3 is 10.5 Å². The highest BCUT2D eigenvalue weighted by Crippen LogP contribution is 2.23. The number of carbonyl (C=O) groups is 1. The number of nitrogens with zero attached hydrogens (tertiary/aromatic N) is 1. The molecule has 1 heterocycles. The van der Waals surface area contributed by atoms with E-state index in [2.05, 4.69) is 9.72 Å². The predicted molar refractivity (Wildman–Crippen MR) is 57.7 cm³/mol. The fourth-order valence-electron chi connectivity index (χ4n) is 1.17. The predicted octanol–water partition coefficient (Wildman–Crippen LogP) is 1.64. The third kappa shape index (κ3) is 2.90. The molecule has 0 radical (unpaired) electrons. The van der Waals surface area contributed by atoms with Gasteiger partial charge in [0.25, 0.3) is 0 Å². The van der Waals surface area contributed by atoms with Gasteiger partial charge in [0.1, 0.15) is 5.15 Å². The number of carbonyl (C=O) groups excluding carboxylic acids is 1. The van der Waals surface area contributed by atoms with Crippen molar-refractivity contribution in [1.29, 1.82) is 0 Å². The van der Waals surface area contributed by atoms with Crippen LogP contribution in [0.1, 0.15) is 18.5 Å². The molecule has 0 aliphatic heterocycles. The summed E-state index contributed by atoms with van der Waals surface area (Å²) < 4.78 is 18.1. The SMILES string of the molecule is CCOC(=O)C(F)[C@@H](N)c1cccnc1Cl. The van der Waals surface area contributed by atoms with Crippen LogP contribution < -0.4 is 5.73 Å². The van der Waals surface area contributed by atoms with Crippen molar-refractivity contribution >= 4 is 17.6 Å². The fraction of sp³-hybridized carbons (Fsp3) is 0.400. The summed E-state index contributed by atoms with van der Waals surface area (Å²) >= 11 is 5.74. The van der Waals surface area contributed by atoms with Crippen LogP contribution in [0.4, 0.5) is 4.39 Å². The third-order valence-corrected chi connectivity index (χ3v) is 2.29. The van der Waals surface area contributed by atoms with Crippen molar-refractivity contribution in [3.8, 4) is 0 Å². The van der Waals surface area contributed by atoms with Crippen LogP contribution >= 0.6 is 11.6 Å². The summed E-state index contributed by atoms with van der Waals surface area (Å²) in [6.07, 6.45) is -0.488. The van der Waals surface area contributed by atoms with Crippen LogP contribution in [0, 0.1) is 0 Å². The second-order valence-corrected chi connectivity index (χ2v) is 3.42. The third-order valence-electron chi connectivity index (χ3n) is 1.97. The minimum Gasteiger partial charge on any atom is -0.464 e. The second-order valence-electron chi connectivity index (χ2n) is 3.06. The van der Waals surface area contributed by atoms with Gasteiger partial charge in [-0.15, -0.1) is 0 Å². The van der Waals surface area contributed by atoms with Gasteiger partial charge in [-0.2, -0.15) is 0 Å². The van der Waals surface area contributed by atoms with Gasteiger partial charge in [0.2, 0.25) is 6.17 Å². The van der Waals surface area contributed by atoms with E-state index in [1.165, 1.54) is 12.3 Å². The molecule has 0 aliphatic rings. The largest absolute Gasteiger partial charge is 0.464 e. The molecule has 0 bridgehead atoms. The quantitative estimate of drug-likeness (QED) is 0.648. The maximum Gasteiger partial charge on any atom is 0.342 e. The first kappa shape index (κ1) is 12.9. The number of rotatable bonds is 4. The average molecular weight is 247 g/mol. The Morgan fingerprint density at radius 2 is 2.44 bits per heavy atom. The normalized spacial score (nSPS) is 14.2. The second kappa shape index (κ2) is 5.77. The summed E-state index contributed by atoms with van der Waals surface area (Å²) in [6, 6.07) is 1.92. The molecule has 1 aromatic heterocycles. The zero-order chi connectivity index (χ0) is 12.1. The summed E-state index contributed by atoms with van der Waals surface area (Å²) in [6.45, 7) is 1.69. The average Bonchev–Trinajstić information content (AvgIpc) is 2.28. The molecule has 2 N–H and O–H groups in total. The highest BCUT2D eigenvalue weighted by atomic mass is 35.5. The monoisotopic (exact) mass is 246 g/mol. The molecule has 0 amide bonds. The minimum atomic E-state index is -1.94. The van der Waals surface area contributed by atoms with Gasteiger partial charge in [-0.05, 0) is 13.0 Å². The number of nitrogens with two attached hydrogens (primary N) is 1. The summed E-state index contributed by atoms with van der Waals surface area (Å²) in [5.41, 5.74) is 5.85. The molecule has 0 spiro atoms. The number of aromatic nitrogens is 1. The number of pyridine rings is 1. The first-order valence-electron chi connectivity index (χ1n) is 4.74. The fourth-order valence-corrected chi connectivity index (χ4v) is 1.42. The van der Waals surface area contributed by atoms with Gasteiger partial charge in [-0.25, -0.2) is 14.2 Å². The summed E-state index contributed by atoms with van der Waals surface area (Å²) in [7, 11) is 0. The van der Waals surface area contributed by atoms with Crippen LogP contribution in [0.2, 0.25) is 5.15 Å². The first-order valence-corrected chi connectivity index (χ1v) is 5.12. The molecule has 0 fully saturated rings. The number of hydrogen-bond donors (Lipinski definition) is 1. The topological polar surface area (TPSA) is 65.2 Å².